The number of benzene rings is 1. The molecule has 1 aromatic rings. The SMILES string of the molecule is CSCCCN1CCC[C@](CO)(Cc2ccc(F)cc2)C1. The standard InChI is InChI=1S/C17H26FNOS/c1-21-11-3-10-19-9-2-8-17(13-19,14-20)12-15-4-6-16(18)7-5-15/h4-7,20H,2-3,8-14H2,1H3/t17-/m0/s1. The second-order valence-corrected chi connectivity index (χ2v) is 7.17. The quantitative estimate of drug-likeness (QED) is 0.782. The lowest BCUT2D eigenvalue weighted by atomic mass is 9.75. The predicted molar refractivity (Wildman–Crippen MR) is 88.3 cm³/mol. The number of thioether (sulfide) groups is 1. The number of nitrogens with zero attached hydrogens (tertiary/aromatic N) is 1. The van der Waals surface area contributed by atoms with E-state index in [9.17, 15) is 9.50 Å². The fraction of sp³-hybridized carbons (Fsp3) is 0.647. The van der Waals surface area contributed by atoms with Crippen LogP contribution in [0.15, 0.2) is 24.3 Å². The fourth-order valence-corrected chi connectivity index (χ4v) is 3.72. The van der Waals surface area contributed by atoms with Crippen LogP contribution in [0, 0.1) is 11.2 Å². The molecular weight excluding hydrogens is 285 g/mol. The molecule has 1 fully saturated rings. The first-order chi connectivity index (χ1) is 10.2. The minimum atomic E-state index is -0.195. The van der Waals surface area contributed by atoms with E-state index in [0.717, 1.165) is 44.5 Å². The Labute approximate surface area is 131 Å². The van der Waals surface area contributed by atoms with Crippen LogP contribution in [0.4, 0.5) is 4.39 Å². The Morgan fingerprint density at radius 3 is 2.76 bits per heavy atom. The summed E-state index contributed by atoms with van der Waals surface area (Å²) in [5.41, 5.74) is 1.06. The molecule has 2 nitrogen and oxygen atoms in total. The monoisotopic (exact) mass is 311 g/mol. The maximum atomic E-state index is 13.0. The molecule has 0 amide bonds. The third-order valence-corrected chi connectivity index (χ3v) is 5.09. The highest BCUT2D eigenvalue weighted by molar-refractivity contribution is 7.98. The van der Waals surface area contributed by atoms with Gasteiger partial charge in [-0.1, -0.05) is 12.1 Å². The highest BCUT2D eigenvalue weighted by atomic mass is 32.2. The van der Waals surface area contributed by atoms with Gasteiger partial charge in [-0.15, -0.1) is 0 Å². The highest BCUT2D eigenvalue weighted by Crippen LogP contribution is 2.33. The van der Waals surface area contributed by atoms with Gasteiger partial charge in [0.05, 0.1) is 6.61 Å². The second kappa shape index (κ2) is 8.16. The normalized spacial score (nSPS) is 23.4. The molecule has 1 N–H and O–H groups in total. The molecule has 0 bridgehead atoms. The number of halogens is 1. The van der Waals surface area contributed by atoms with Crippen LogP contribution in [0.1, 0.15) is 24.8 Å². The molecule has 0 aromatic heterocycles. The van der Waals surface area contributed by atoms with Gasteiger partial charge >= 0.3 is 0 Å². The molecule has 1 saturated heterocycles. The summed E-state index contributed by atoms with van der Waals surface area (Å²) >= 11 is 1.89. The highest BCUT2D eigenvalue weighted by Gasteiger charge is 2.34. The van der Waals surface area contributed by atoms with Crippen molar-refractivity contribution in [1.29, 1.82) is 0 Å². The van der Waals surface area contributed by atoms with Gasteiger partial charge in [0.1, 0.15) is 5.82 Å². The summed E-state index contributed by atoms with van der Waals surface area (Å²) in [6.07, 6.45) is 6.38. The molecule has 2 rings (SSSR count). The van der Waals surface area contributed by atoms with E-state index in [0.29, 0.717) is 0 Å². The van der Waals surface area contributed by atoms with E-state index in [-0.39, 0.29) is 17.8 Å². The van der Waals surface area contributed by atoms with E-state index >= 15 is 0 Å². The molecule has 1 aliphatic heterocycles. The van der Waals surface area contributed by atoms with Crippen LogP contribution in [-0.2, 0) is 6.42 Å². The lowest BCUT2D eigenvalue weighted by molar-refractivity contribution is 0.0326. The zero-order chi connectivity index (χ0) is 15.1. The first-order valence-corrected chi connectivity index (χ1v) is 9.13. The van der Waals surface area contributed by atoms with Gasteiger partial charge in [-0.25, -0.2) is 4.39 Å². The average molecular weight is 311 g/mol. The summed E-state index contributed by atoms with van der Waals surface area (Å²) < 4.78 is 13.0. The van der Waals surface area contributed by atoms with Crippen molar-refractivity contribution in [1.82, 2.24) is 4.90 Å². The van der Waals surface area contributed by atoms with Crippen LogP contribution in [0.3, 0.4) is 0 Å². The molecule has 118 valence electrons. The first-order valence-electron chi connectivity index (χ1n) is 7.74. The summed E-state index contributed by atoms with van der Waals surface area (Å²) in [7, 11) is 0. The largest absolute Gasteiger partial charge is 0.396 e. The van der Waals surface area contributed by atoms with E-state index in [1.807, 2.05) is 23.9 Å². The Kier molecular flexibility index (Phi) is 6.52. The van der Waals surface area contributed by atoms with Gasteiger partial charge in [0.15, 0.2) is 0 Å². The molecule has 0 radical (unpaired) electrons. The van der Waals surface area contributed by atoms with Gasteiger partial charge in [0.2, 0.25) is 0 Å². The smallest absolute Gasteiger partial charge is 0.123 e. The predicted octanol–water partition coefficient (Wildman–Crippen LogP) is 3.20. The molecule has 0 spiro atoms. The summed E-state index contributed by atoms with van der Waals surface area (Å²) in [5, 5.41) is 9.94. The van der Waals surface area contributed by atoms with Crippen LogP contribution >= 0.6 is 11.8 Å². The maximum absolute atomic E-state index is 13.0. The summed E-state index contributed by atoms with van der Waals surface area (Å²) in [4.78, 5) is 2.49. The minimum absolute atomic E-state index is 0.0601. The third-order valence-electron chi connectivity index (χ3n) is 4.39. The van der Waals surface area contributed by atoms with Gasteiger partial charge in [-0.2, -0.15) is 11.8 Å². The fourth-order valence-electron chi connectivity index (χ4n) is 3.30. The Morgan fingerprint density at radius 2 is 2.10 bits per heavy atom. The Hall–Kier alpha value is -0.580. The van der Waals surface area contributed by atoms with Crippen molar-refractivity contribution in [3.05, 3.63) is 35.6 Å². The van der Waals surface area contributed by atoms with Crippen molar-refractivity contribution >= 4 is 11.8 Å². The van der Waals surface area contributed by atoms with Gasteiger partial charge in [-0.3, -0.25) is 0 Å². The second-order valence-electron chi connectivity index (χ2n) is 6.19. The molecule has 0 unspecified atom stereocenters. The van der Waals surface area contributed by atoms with E-state index in [1.165, 1.54) is 24.3 Å². The minimum Gasteiger partial charge on any atom is -0.396 e. The topological polar surface area (TPSA) is 23.5 Å². The summed E-state index contributed by atoms with van der Waals surface area (Å²) in [5.74, 6) is 1.000. The van der Waals surface area contributed by atoms with E-state index in [4.69, 9.17) is 0 Å². The Morgan fingerprint density at radius 1 is 1.33 bits per heavy atom. The van der Waals surface area contributed by atoms with Gasteiger partial charge < -0.3 is 10.0 Å². The van der Waals surface area contributed by atoms with Gasteiger partial charge in [0.25, 0.3) is 0 Å². The summed E-state index contributed by atoms with van der Waals surface area (Å²) in [6.45, 7) is 3.42. The molecule has 4 heteroatoms. The number of aliphatic hydroxyl groups is 1. The number of hydrogen-bond donors (Lipinski definition) is 1. The van der Waals surface area contributed by atoms with Crippen LogP contribution in [0.2, 0.25) is 0 Å². The number of piperidine rings is 1. The molecule has 0 saturated carbocycles. The number of hydrogen-bond acceptors (Lipinski definition) is 3. The van der Waals surface area contributed by atoms with E-state index < -0.39 is 0 Å². The number of rotatable bonds is 7. The van der Waals surface area contributed by atoms with E-state index in [1.54, 1.807) is 0 Å². The van der Waals surface area contributed by atoms with Crippen molar-refractivity contribution in [2.24, 2.45) is 5.41 Å². The molecular formula is C17H26FNOS. The molecule has 21 heavy (non-hydrogen) atoms. The Bertz CT molecular complexity index is 425. The number of likely N-dealkylation sites (tertiary alicyclic amines) is 1. The van der Waals surface area contributed by atoms with Crippen molar-refractivity contribution in [2.45, 2.75) is 25.7 Å². The number of aliphatic hydroxyl groups excluding tert-OH is 1. The molecule has 1 aliphatic rings. The zero-order valence-corrected chi connectivity index (χ0v) is 13.7. The molecule has 1 heterocycles. The van der Waals surface area contributed by atoms with Crippen molar-refractivity contribution in [3.63, 3.8) is 0 Å². The first kappa shape index (κ1) is 16.8. The lowest BCUT2D eigenvalue weighted by Crippen LogP contribution is -2.47. The van der Waals surface area contributed by atoms with Crippen LogP contribution in [-0.4, -0.2) is 48.3 Å². The van der Waals surface area contributed by atoms with Gasteiger partial charge in [0, 0.05) is 12.0 Å². The maximum Gasteiger partial charge on any atom is 0.123 e. The Balaban J connectivity index is 1.97. The van der Waals surface area contributed by atoms with Crippen LogP contribution in [0.5, 0.6) is 0 Å². The van der Waals surface area contributed by atoms with Crippen molar-refractivity contribution in [3.8, 4) is 0 Å². The molecule has 1 aromatic carbocycles. The summed E-state index contributed by atoms with van der Waals surface area (Å²) in [6, 6.07) is 6.72. The molecule has 0 aliphatic carbocycles. The van der Waals surface area contributed by atoms with E-state index in [2.05, 4.69) is 11.2 Å². The van der Waals surface area contributed by atoms with Crippen molar-refractivity contribution in [2.75, 3.05) is 38.2 Å². The van der Waals surface area contributed by atoms with Crippen LogP contribution in [0.25, 0.3) is 0 Å². The average Bonchev–Trinajstić information content (AvgIpc) is 2.50. The third kappa shape index (κ3) is 4.97. The zero-order valence-electron chi connectivity index (χ0n) is 12.9. The lowest BCUT2D eigenvalue weighted by Gasteiger charge is -2.42. The van der Waals surface area contributed by atoms with Crippen LogP contribution < -0.4 is 0 Å². The molecule has 1 atom stereocenters. The van der Waals surface area contributed by atoms with Gasteiger partial charge in [-0.05, 0) is 68.5 Å². The van der Waals surface area contributed by atoms with Crippen molar-refractivity contribution < 1.29 is 9.50 Å².